The van der Waals surface area contributed by atoms with Crippen molar-refractivity contribution in [3.05, 3.63) is 4.91 Å². The van der Waals surface area contributed by atoms with Crippen LogP contribution in [0.5, 0.6) is 0 Å². The Morgan fingerprint density at radius 2 is 1.86 bits per heavy atom. The largest absolute Gasteiger partial charge is 0.460 e. The van der Waals surface area contributed by atoms with Crippen LogP contribution in [-0.4, -0.2) is 29.9 Å². The molecule has 0 spiro atoms. The van der Waals surface area contributed by atoms with Crippen LogP contribution < -0.4 is 5.73 Å². The second kappa shape index (κ2) is 7.11. The Morgan fingerprint density at radius 1 is 1.10 bits per heavy atom. The predicted molar refractivity (Wildman–Crippen MR) is 77.4 cm³/mol. The zero-order chi connectivity index (χ0) is 15.4. The first-order valence-electron chi connectivity index (χ1n) is 7.80. The van der Waals surface area contributed by atoms with Gasteiger partial charge >= 0.3 is 5.97 Å². The highest BCUT2D eigenvalue weighted by atomic mass is 16.5. The summed E-state index contributed by atoms with van der Waals surface area (Å²) in [5, 5.41) is 3.07. The summed E-state index contributed by atoms with van der Waals surface area (Å²) >= 11 is 0. The van der Waals surface area contributed by atoms with Crippen LogP contribution in [0.25, 0.3) is 0 Å². The maximum Gasteiger partial charge on any atom is 0.309 e. The minimum atomic E-state index is -0.603. The highest BCUT2D eigenvalue weighted by molar-refractivity contribution is 5.78. The molecule has 0 bridgehead atoms. The molecule has 0 aliphatic heterocycles. The standard InChI is InChI=1S/C15H24N2O4/c1-9(18)10-5-6-14(13(8-10)17-20)21-15(19)11-3-2-4-12(16)7-11/h10-14H,2-8,16H2,1H3. The molecular formula is C15H24N2O4. The van der Waals surface area contributed by atoms with Crippen LogP contribution in [0.4, 0.5) is 0 Å². The third-order valence-corrected chi connectivity index (χ3v) is 4.78. The molecule has 2 aliphatic rings. The Hall–Kier alpha value is -1.30. The SMILES string of the molecule is CC(=O)C1CCC(OC(=O)C2CCCC(N)C2)C(N=O)C1. The predicted octanol–water partition coefficient (Wildman–Crippen LogP) is 1.94. The van der Waals surface area contributed by atoms with E-state index in [2.05, 4.69) is 5.18 Å². The molecule has 0 radical (unpaired) electrons. The molecule has 0 aromatic carbocycles. The number of nitrogens with zero attached hydrogens (tertiary/aromatic N) is 1. The summed E-state index contributed by atoms with van der Waals surface area (Å²) in [4.78, 5) is 34.6. The van der Waals surface area contributed by atoms with Crippen LogP contribution in [0.15, 0.2) is 5.18 Å². The van der Waals surface area contributed by atoms with Crippen LogP contribution >= 0.6 is 0 Å². The van der Waals surface area contributed by atoms with E-state index in [1.54, 1.807) is 0 Å². The second-order valence-electron chi connectivity index (χ2n) is 6.39. The van der Waals surface area contributed by atoms with Gasteiger partial charge in [0.1, 0.15) is 17.9 Å². The van der Waals surface area contributed by atoms with Crippen molar-refractivity contribution in [2.45, 2.75) is 70.1 Å². The number of ketones is 1. The van der Waals surface area contributed by atoms with Gasteiger partial charge in [-0.1, -0.05) is 11.6 Å². The number of rotatable bonds is 4. The lowest BCUT2D eigenvalue weighted by Crippen LogP contribution is -2.40. The van der Waals surface area contributed by atoms with Crippen molar-refractivity contribution < 1.29 is 14.3 Å². The van der Waals surface area contributed by atoms with Crippen LogP contribution in [0.2, 0.25) is 0 Å². The van der Waals surface area contributed by atoms with E-state index in [0.717, 1.165) is 19.3 Å². The minimum Gasteiger partial charge on any atom is -0.460 e. The smallest absolute Gasteiger partial charge is 0.309 e. The first-order valence-corrected chi connectivity index (χ1v) is 7.80. The summed E-state index contributed by atoms with van der Waals surface area (Å²) in [6.07, 6.45) is 4.44. The molecule has 6 nitrogen and oxygen atoms in total. The molecule has 5 atom stereocenters. The fourth-order valence-corrected chi connectivity index (χ4v) is 3.42. The van der Waals surface area contributed by atoms with E-state index in [1.807, 2.05) is 0 Å². The normalized spacial score (nSPS) is 36.8. The van der Waals surface area contributed by atoms with Gasteiger partial charge in [-0.15, -0.1) is 0 Å². The third-order valence-electron chi connectivity index (χ3n) is 4.78. The monoisotopic (exact) mass is 296 g/mol. The van der Waals surface area contributed by atoms with Gasteiger partial charge in [0.15, 0.2) is 0 Å². The molecule has 2 aliphatic carbocycles. The van der Waals surface area contributed by atoms with Gasteiger partial charge in [-0.2, -0.15) is 4.91 Å². The molecule has 2 rings (SSSR count). The van der Waals surface area contributed by atoms with Crippen LogP contribution in [-0.2, 0) is 14.3 Å². The minimum absolute atomic E-state index is 0.0599. The highest BCUT2D eigenvalue weighted by Gasteiger charge is 2.37. The van der Waals surface area contributed by atoms with Crippen molar-refractivity contribution in [3.8, 4) is 0 Å². The molecule has 0 heterocycles. The average molecular weight is 296 g/mol. The number of nitroso groups, excluding NO2 is 1. The molecule has 2 N–H and O–H groups in total. The molecule has 0 aromatic heterocycles. The van der Waals surface area contributed by atoms with E-state index < -0.39 is 12.1 Å². The van der Waals surface area contributed by atoms with E-state index in [4.69, 9.17) is 10.5 Å². The molecule has 5 unspecified atom stereocenters. The molecular weight excluding hydrogens is 272 g/mol. The molecule has 2 saturated carbocycles. The Labute approximate surface area is 124 Å². The zero-order valence-corrected chi connectivity index (χ0v) is 12.5. The lowest BCUT2D eigenvalue weighted by Gasteiger charge is -2.32. The average Bonchev–Trinajstić information content (AvgIpc) is 2.47. The Balaban J connectivity index is 1.90. The van der Waals surface area contributed by atoms with Crippen molar-refractivity contribution in [2.24, 2.45) is 22.7 Å². The summed E-state index contributed by atoms with van der Waals surface area (Å²) in [7, 11) is 0. The van der Waals surface area contributed by atoms with Crippen LogP contribution in [0, 0.1) is 16.7 Å². The first-order chi connectivity index (χ1) is 10.0. The molecule has 21 heavy (non-hydrogen) atoms. The summed E-state index contributed by atoms with van der Waals surface area (Å²) in [6.45, 7) is 1.53. The molecule has 118 valence electrons. The number of hydrogen-bond acceptors (Lipinski definition) is 6. The maximum absolute atomic E-state index is 12.2. The van der Waals surface area contributed by atoms with Crippen molar-refractivity contribution >= 4 is 11.8 Å². The molecule has 0 amide bonds. The van der Waals surface area contributed by atoms with Gasteiger partial charge in [-0.05, 0) is 45.4 Å². The lowest BCUT2D eigenvalue weighted by molar-refractivity contribution is -0.158. The van der Waals surface area contributed by atoms with E-state index >= 15 is 0 Å². The Morgan fingerprint density at radius 3 is 2.48 bits per heavy atom. The van der Waals surface area contributed by atoms with Gasteiger partial charge in [0.05, 0.1) is 5.92 Å². The van der Waals surface area contributed by atoms with E-state index in [9.17, 15) is 14.5 Å². The summed E-state index contributed by atoms with van der Waals surface area (Å²) in [6, 6.07) is -0.543. The number of Topliss-reactive ketones (excluding diaryl/α,β-unsaturated/α-hetero) is 1. The third kappa shape index (κ3) is 4.09. The molecule has 6 heteroatoms. The lowest BCUT2D eigenvalue weighted by atomic mass is 9.81. The van der Waals surface area contributed by atoms with E-state index in [1.165, 1.54) is 6.92 Å². The zero-order valence-electron chi connectivity index (χ0n) is 12.5. The fourth-order valence-electron chi connectivity index (χ4n) is 3.42. The number of esters is 1. The first kappa shape index (κ1) is 16.1. The van der Waals surface area contributed by atoms with Crippen molar-refractivity contribution in [2.75, 3.05) is 0 Å². The van der Waals surface area contributed by atoms with Gasteiger partial charge in [-0.3, -0.25) is 9.59 Å². The number of carbonyl (C=O) groups is 2. The maximum atomic E-state index is 12.2. The molecule has 0 aromatic rings. The van der Waals surface area contributed by atoms with Crippen molar-refractivity contribution in [1.29, 1.82) is 0 Å². The summed E-state index contributed by atoms with van der Waals surface area (Å²) in [5.41, 5.74) is 5.89. The summed E-state index contributed by atoms with van der Waals surface area (Å²) < 4.78 is 5.51. The number of ether oxygens (including phenoxy) is 1. The van der Waals surface area contributed by atoms with Gasteiger partial charge in [-0.25, -0.2) is 0 Å². The van der Waals surface area contributed by atoms with E-state index in [-0.39, 0.29) is 29.6 Å². The van der Waals surface area contributed by atoms with Gasteiger partial charge in [0.2, 0.25) is 0 Å². The van der Waals surface area contributed by atoms with Gasteiger partial charge < -0.3 is 10.5 Å². The van der Waals surface area contributed by atoms with E-state index in [0.29, 0.717) is 25.7 Å². The van der Waals surface area contributed by atoms with Gasteiger partial charge in [0.25, 0.3) is 0 Å². The Bertz CT molecular complexity index is 412. The topological polar surface area (TPSA) is 98.8 Å². The number of nitrogens with two attached hydrogens (primary N) is 1. The second-order valence-corrected chi connectivity index (χ2v) is 6.39. The fraction of sp³-hybridized carbons (Fsp3) is 0.867. The van der Waals surface area contributed by atoms with Gasteiger partial charge in [0, 0.05) is 12.0 Å². The molecule has 0 saturated heterocycles. The quantitative estimate of drug-likeness (QED) is 0.631. The Kier molecular flexibility index (Phi) is 5.45. The molecule has 2 fully saturated rings. The summed E-state index contributed by atoms with van der Waals surface area (Å²) in [5.74, 6) is -0.478. The van der Waals surface area contributed by atoms with Crippen LogP contribution in [0.1, 0.15) is 51.9 Å². The number of carbonyl (C=O) groups excluding carboxylic acids is 2. The van der Waals surface area contributed by atoms with Crippen LogP contribution in [0.3, 0.4) is 0 Å². The highest BCUT2D eigenvalue weighted by Crippen LogP contribution is 2.31. The van der Waals surface area contributed by atoms with Crippen molar-refractivity contribution in [3.63, 3.8) is 0 Å². The van der Waals surface area contributed by atoms with Crippen molar-refractivity contribution in [1.82, 2.24) is 0 Å². The number of hydrogen-bond donors (Lipinski definition) is 1.